The molecule has 42 heteroatoms. The molecule has 0 radical (unpaired) electrons. The maximum atomic E-state index is 15.2. The Morgan fingerprint density at radius 1 is 0.486 bits per heavy atom. The molecule has 4 saturated heterocycles. The lowest BCUT2D eigenvalue weighted by Crippen LogP contribution is -2.51. The Morgan fingerprint density at radius 2 is 0.889 bits per heavy atom. The molecule has 0 bridgehead atoms. The van der Waals surface area contributed by atoms with E-state index in [9.17, 15) is 61.6 Å². The van der Waals surface area contributed by atoms with E-state index in [1.807, 2.05) is 88.5 Å². The fourth-order valence-electron chi connectivity index (χ4n) is 15.0. The number of nitrogens with one attached hydrogen (secondary N) is 3. The molecule has 738 valence electrons. The molecule has 3 N–H and O–H groups in total. The number of Topliss-reactive ketones (excluding diaryl/α,β-unsaturated/α-hetero) is 1. The van der Waals surface area contributed by atoms with Crippen LogP contribution in [0.5, 0.6) is 17.2 Å². The maximum Gasteiger partial charge on any atom is 0.697 e. The highest BCUT2D eigenvalue weighted by molar-refractivity contribution is 7.33. The molecule has 16 atom stereocenters. The summed E-state index contributed by atoms with van der Waals surface area (Å²) in [5.74, 6) is 47.6. The number of ketones is 1. The molecule has 0 amide bonds. The van der Waals surface area contributed by atoms with Crippen LogP contribution in [0.4, 0.5) is 0 Å². The quantitative estimate of drug-likeness (QED) is 0.0110. The summed E-state index contributed by atoms with van der Waals surface area (Å²) in [6.45, 7) is 15.6. The van der Waals surface area contributed by atoms with Crippen LogP contribution in [-0.2, 0) is 88.9 Å². The van der Waals surface area contributed by atoms with Gasteiger partial charge in [-0.2, -0.15) is 4.57 Å². The van der Waals surface area contributed by atoms with E-state index in [4.69, 9.17) is 80.6 Å². The van der Waals surface area contributed by atoms with Crippen LogP contribution >= 0.6 is 24.8 Å². The molecule has 4 aliphatic heterocycles. The number of terminal acetylenes is 1. The summed E-state index contributed by atoms with van der Waals surface area (Å²) in [5, 5.41) is -0.629. The monoisotopic (exact) mass is 2030 g/mol. The predicted molar refractivity (Wildman–Crippen MR) is 521 cm³/mol. The van der Waals surface area contributed by atoms with E-state index in [0.29, 0.717) is 43.9 Å². The zero-order chi connectivity index (χ0) is 104. The van der Waals surface area contributed by atoms with E-state index in [-0.39, 0.29) is 66.1 Å². The van der Waals surface area contributed by atoms with E-state index in [2.05, 4.69) is 139 Å². The SMILES string of the molecule is C#CC#CC#CC#CC#CC#CC#CC#CC#CC#CC#COc1cc(C(=O)n2c(=O)ccn([C@@H]3O[C@H](CO[P+](=O)OC4C[C@H](n5cc(C)c(=O)[nH]c5=O)O[C@@H]4CO[P+](=O)OC4C[C@H](n5cc(C)c(=O)[nH]c5=O)O[C@@H]4CO[P+](=O)OC4C[C@H](n5cc(C)c(=O)[nH]c5=O)O[C@@H]4COC(c4ccccc4)(c4ccc(OC)cc4)c4ccc(OC)cc4)C(OC(=O)CCC(C)=O)[C@@H]3O[Si](C)(C)C(C)(C)C)c2=O)cc(C)c1C. The van der Waals surface area contributed by atoms with Crippen LogP contribution in [0.25, 0.3) is 0 Å². The number of ether oxygens (including phenoxy) is 9. The lowest BCUT2D eigenvalue weighted by molar-refractivity contribution is -0.156. The van der Waals surface area contributed by atoms with Crippen molar-refractivity contribution in [2.24, 2.45) is 0 Å². The Kier molecular flexibility index (Phi) is 37.2. The second-order valence-electron chi connectivity index (χ2n) is 34.0. The van der Waals surface area contributed by atoms with Crippen molar-refractivity contribution in [3.8, 4) is 148 Å². The first-order valence-electron chi connectivity index (χ1n) is 44.3. The predicted octanol–water partition coefficient (Wildman–Crippen LogP) is 8.53. The molecule has 8 heterocycles. The van der Waals surface area contributed by atoms with Gasteiger partial charge in [-0.15, -0.1) is 33.6 Å². The number of H-pyrrole nitrogens is 3. The minimum atomic E-state index is -3.45. The van der Waals surface area contributed by atoms with Crippen LogP contribution in [0.3, 0.4) is 0 Å². The van der Waals surface area contributed by atoms with E-state index in [1.54, 1.807) is 38.1 Å². The normalized spacial score (nSPS) is 19.9. The minimum Gasteiger partial charge on any atom is -0.497 e. The Morgan fingerprint density at radius 3 is 1.30 bits per heavy atom. The van der Waals surface area contributed by atoms with Gasteiger partial charge in [-0.05, 0) is 171 Å². The summed E-state index contributed by atoms with van der Waals surface area (Å²) in [5.41, 5.74) is -5.61. The number of nitrogens with zero attached hydrogens (tertiary/aromatic N) is 5. The van der Waals surface area contributed by atoms with E-state index in [0.717, 1.165) is 30.5 Å². The first-order valence-corrected chi connectivity index (χ1v) is 50.5. The standard InChI is InChI=1S/C102H91N8O30P3Si/c1-15-16-17-18-19-20-21-22-23-24-25-26-27-28-29-30-31-32-33-37-52-127-77-54-71(53-65(2)70(77)7)95(117)110-85(112)50-51-106(100(110)121)96-91(140-144(13,14)101(8,9)10)90(136-89(113)49-40-69(6)111)84(135-96)64-131-143(124)139-80-57-88(109-60-68(5)94(116)105-99(109)120)134-83(80)63-130-142(123)138-79-56-87(108-59-67(4)93(115)104-98(108)119)133-82(79)62-129-141(122)137-78-55-86(107-58-66(3)92(114)103-97(107)118)132-81(78)61-128-102(72-38-35-34-36-39-72,73-41-45-75(125-11)46-42-73)74-43-47-76(126-12)48-44-74/h1,34-36,38-39,41-48,50-51,53-54,58-60,78-84,86-88,90-91,96H,40,49,55-57,61-64H2,2-14H3/p+3/t78?,79?,80?,81-,82-,83-,84-,86-,87-,88-,90?,91+,96-/m1/s1. The van der Waals surface area contributed by atoms with Crippen molar-refractivity contribution in [3.05, 3.63) is 255 Å². The van der Waals surface area contributed by atoms with Gasteiger partial charge in [-0.3, -0.25) is 62.0 Å². The van der Waals surface area contributed by atoms with Gasteiger partial charge >= 0.3 is 53.5 Å². The number of aryl methyl sites for hydroxylation is 4. The summed E-state index contributed by atoms with van der Waals surface area (Å²) in [7, 11) is -10.2. The zero-order valence-electron chi connectivity index (χ0n) is 79.8. The maximum absolute atomic E-state index is 15.2. The highest BCUT2D eigenvalue weighted by atomic mass is 31.1. The molecule has 12 rings (SSSR count). The van der Waals surface area contributed by atoms with Crippen LogP contribution < -0.4 is 59.2 Å². The van der Waals surface area contributed by atoms with Crippen molar-refractivity contribution < 1.29 is 102 Å². The number of rotatable bonds is 35. The number of carbonyl (C=O) groups is 3. The molecule has 0 aliphatic carbocycles. The number of carbonyl (C=O) groups excluding carboxylic acids is 3. The number of benzene rings is 4. The molecule has 0 saturated carbocycles. The van der Waals surface area contributed by atoms with Crippen molar-refractivity contribution in [1.29, 1.82) is 0 Å². The number of esters is 1. The van der Waals surface area contributed by atoms with Gasteiger partial charge in [0.2, 0.25) is 0 Å². The Labute approximate surface area is 828 Å². The summed E-state index contributed by atoms with van der Waals surface area (Å²) < 4.78 is 147. The van der Waals surface area contributed by atoms with Crippen LogP contribution in [-0.4, -0.2) is 159 Å². The number of aromatic amines is 3. The van der Waals surface area contributed by atoms with E-state index >= 15 is 4.79 Å². The van der Waals surface area contributed by atoms with Crippen LogP contribution in [0, 0.1) is 166 Å². The van der Waals surface area contributed by atoms with E-state index < -0.39 is 207 Å². The van der Waals surface area contributed by atoms with Crippen molar-refractivity contribution in [3.63, 3.8) is 0 Å². The van der Waals surface area contributed by atoms with Gasteiger partial charge < -0.3 is 51.9 Å². The van der Waals surface area contributed by atoms with Crippen LogP contribution in [0.15, 0.2) is 160 Å². The molecule has 8 aromatic rings. The van der Waals surface area contributed by atoms with Crippen molar-refractivity contribution in [2.45, 2.75) is 198 Å². The summed E-state index contributed by atoms with van der Waals surface area (Å²) >= 11 is 0. The smallest absolute Gasteiger partial charge is 0.497 e. The second-order valence-corrected chi connectivity index (χ2v) is 41.5. The molecule has 144 heavy (non-hydrogen) atoms. The van der Waals surface area contributed by atoms with Crippen LogP contribution in [0.2, 0.25) is 18.1 Å². The molecular weight excluding hydrogens is 1940 g/mol. The van der Waals surface area contributed by atoms with Gasteiger partial charge in [-0.1, -0.05) is 75.4 Å². The second kappa shape index (κ2) is 49.6. The van der Waals surface area contributed by atoms with Gasteiger partial charge in [-0.25, -0.2) is 19.2 Å². The summed E-state index contributed by atoms with van der Waals surface area (Å²) in [6, 6.07) is 27.2. The van der Waals surface area contributed by atoms with Gasteiger partial charge in [0, 0.05) is 164 Å². The molecule has 4 aromatic heterocycles. The van der Waals surface area contributed by atoms with Gasteiger partial charge in [0.05, 0.1) is 27.2 Å². The Balaban J connectivity index is 0.770. The summed E-state index contributed by atoms with van der Waals surface area (Å²) in [6.07, 6.45) is -7.81. The molecule has 38 nitrogen and oxygen atoms in total. The molecule has 4 aliphatic rings. The van der Waals surface area contributed by atoms with Gasteiger partial charge in [0.15, 0.2) is 20.6 Å². The third-order valence-electron chi connectivity index (χ3n) is 23.5. The number of hydrogen-bond donors (Lipinski definition) is 3. The van der Waals surface area contributed by atoms with Crippen molar-refractivity contribution in [1.82, 2.24) is 37.8 Å². The Bertz CT molecular complexity index is 7550. The molecule has 7 unspecified atom stereocenters. The third-order valence-corrected chi connectivity index (χ3v) is 30.4. The largest absolute Gasteiger partial charge is 0.697 e. The highest BCUT2D eigenvalue weighted by Crippen LogP contribution is 2.48. The van der Waals surface area contributed by atoms with Gasteiger partial charge in [0.25, 0.3) is 28.1 Å². The van der Waals surface area contributed by atoms with Crippen molar-refractivity contribution >= 4 is 50.7 Å². The zero-order valence-corrected chi connectivity index (χ0v) is 83.5. The average Bonchev–Trinajstić information content (AvgIpc) is 1.46. The van der Waals surface area contributed by atoms with Crippen molar-refractivity contribution in [2.75, 3.05) is 40.6 Å². The Hall–Kier alpha value is -15.0. The first-order chi connectivity index (χ1) is 68.9. The fraction of sp³-hybridized carbons (Fsp3) is 0.363. The third kappa shape index (κ3) is 27.5. The molecule has 4 fully saturated rings. The van der Waals surface area contributed by atoms with E-state index in [1.165, 1.54) is 72.6 Å². The molecular formula is C102H94N8O30P3Si+3. The van der Waals surface area contributed by atoms with Gasteiger partial charge in [0.1, 0.15) is 122 Å². The lowest BCUT2D eigenvalue weighted by atomic mass is 9.80. The first kappa shape index (κ1) is 108. The number of methoxy groups -OCH3 is 2. The van der Waals surface area contributed by atoms with Crippen LogP contribution in [0.1, 0.15) is 140 Å². The number of hydrogen-bond acceptors (Lipinski definition) is 30. The number of aromatic nitrogens is 8. The lowest BCUT2D eigenvalue weighted by Gasteiger charge is -2.40. The summed E-state index contributed by atoms with van der Waals surface area (Å²) in [4.78, 5) is 156. The molecule has 0 spiro atoms. The minimum absolute atomic E-state index is 0.0452. The fourth-order valence-corrected chi connectivity index (χ4v) is 18.6. The highest BCUT2D eigenvalue weighted by Gasteiger charge is 2.56. The average molecular weight is 2030 g/mol. The topological polar surface area (TPSA) is 459 Å². The molecule has 4 aromatic carbocycles.